The van der Waals surface area contributed by atoms with Gasteiger partial charge in [0, 0.05) is 42.1 Å². The number of carboxylic acid groups (broad SMARTS) is 1. The Hall–Kier alpha value is -2.80. The van der Waals surface area contributed by atoms with Gasteiger partial charge in [-0.05, 0) is 53.9 Å². The third kappa shape index (κ3) is 4.74. The molecule has 6 atom stereocenters. The van der Waals surface area contributed by atoms with E-state index in [1.807, 2.05) is 18.7 Å². The van der Waals surface area contributed by atoms with E-state index >= 15 is 0 Å². The van der Waals surface area contributed by atoms with Gasteiger partial charge in [-0.25, -0.2) is 9.48 Å². The first-order valence-electron chi connectivity index (χ1n) is 14.4. The maximum Gasteiger partial charge on any atom is 0.353 e. The molecule has 1 unspecified atom stereocenters. The van der Waals surface area contributed by atoms with Gasteiger partial charge in [-0.1, -0.05) is 20.3 Å². The molecule has 0 aromatic carbocycles. The zero-order valence-corrected chi connectivity index (χ0v) is 23.8. The summed E-state index contributed by atoms with van der Waals surface area (Å²) in [6.45, 7) is 6.16. The monoisotopic (exact) mass is 571 g/mol. The molecule has 2 N–H and O–H groups in total. The Kier molecular flexibility index (Phi) is 7.22. The maximum absolute atomic E-state index is 13.3. The number of aliphatic carboxylic acids is 1. The Morgan fingerprint density at radius 1 is 1.23 bits per heavy atom. The number of hydrogen-bond donors (Lipinski definition) is 2. The molecular weight excluding hydrogens is 534 g/mol. The average Bonchev–Trinajstić information content (AvgIpc) is 3.63. The largest absolute Gasteiger partial charge is 0.477 e. The Balaban J connectivity index is 1.07. The van der Waals surface area contributed by atoms with E-state index in [1.165, 1.54) is 46.9 Å². The number of hydrogen-bond acceptors (Lipinski definition) is 9. The number of piperidine rings is 1. The van der Waals surface area contributed by atoms with Crippen LogP contribution in [-0.4, -0.2) is 95.6 Å². The van der Waals surface area contributed by atoms with Crippen LogP contribution in [-0.2, 0) is 25.7 Å². The van der Waals surface area contributed by atoms with Gasteiger partial charge in [-0.2, -0.15) is 0 Å². The number of tetrazole rings is 1. The van der Waals surface area contributed by atoms with Crippen molar-refractivity contribution >= 4 is 35.3 Å². The molecule has 4 fully saturated rings. The molecule has 40 heavy (non-hydrogen) atoms. The topological polar surface area (TPSA) is 151 Å². The van der Waals surface area contributed by atoms with Crippen LogP contribution >= 0.6 is 11.8 Å². The molecule has 1 spiro atoms. The van der Waals surface area contributed by atoms with Crippen LogP contribution in [0.4, 0.5) is 0 Å². The van der Waals surface area contributed by atoms with Crippen LogP contribution in [0.25, 0.3) is 0 Å². The summed E-state index contributed by atoms with van der Waals surface area (Å²) in [6, 6.07) is -0.535. The van der Waals surface area contributed by atoms with Crippen molar-refractivity contribution in [3.63, 3.8) is 0 Å². The normalized spacial score (nSPS) is 31.6. The number of nitrogens with zero attached hydrogens (tertiary/aromatic N) is 6. The molecule has 1 aliphatic carbocycles. The van der Waals surface area contributed by atoms with Gasteiger partial charge in [0.1, 0.15) is 18.6 Å². The van der Waals surface area contributed by atoms with Gasteiger partial charge in [0.05, 0.1) is 18.0 Å². The number of β-lactam (4-membered cyclic amide) rings is 1. The van der Waals surface area contributed by atoms with Gasteiger partial charge < -0.3 is 20.2 Å². The molecule has 1 aromatic rings. The van der Waals surface area contributed by atoms with E-state index in [-0.39, 0.29) is 65.4 Å². The molecule has 3 saturated heterocycles. The predicted octanol–water partition coefficient (Wildman–Crippen LogP) is 1.30. The van der Waals surface area contributed by atoms with Crippen molar-refractivity contribution in [1.82, 2.24) is 35.3 Å². The number of carboxylic acids is 1. The lowest BCUT2D eigenvalue weighted by molar-refractivity contribution is -0.160. The number of nitrogens with one attached hydrogen (secondary N) is 1. The number of ketones is 1. The van der Waals surface area contributed by atoms with E-state index in [9.17, 15) is 24.3 Å². The van der Waals surface area contributed by atoms with Crippen LogP contribution in [0.5, 0.6) is 0 Å². The molecule has 12 nitrogen and oxygen atoms in total. The Bertz CT molecular complexity index is 1220. The lowest BCUT2D eigenvalue weighted by Gasteiger charge is -2.48. The molecule has 5 heterocycles. The summed E-state index contributed by atoms with van der Waals surface area (Å²) in [5.41, 5.74) is 0.549. The molecule has 2 amide bonds. The highest BCUT2D eigenvalue weighted by atomic mass is 32.2. The first-order chi connectivity index (χ1) is 19.2. The molecule has 216 valence electrons. The van der Waals surface area contributed by atoms with Crippen molar-refractivity contribution in [2.75, 3.05) is 19.6 Å². The summed E-state index contributed by atoms with van der Waals surface area (Å²) in [6.07, 6.45) is 8.31. The molecule has 0 radical (unpaired) electrons. The third-order valence-electron chi connectivity index (χ3n) is 9.92. The Morgan fingerprint density at radius 3 is 2.60 bits per heavy atom. The van der Waals surface area contributed by atoms with Crippen molar-refractivity contribution in [2.24, 2.45) is 23.2 Å². The van der Waals surface area contributed by atoms with Crippen LogP contribution < -0.4 is 5.32 Å². The van der Waals surface area contributed by atoms with E-state index in [2.05, 4.69) is 20.8 Å². The second-order valence-corrected chi connectivity index (χ2v) is 13.7. The highest BCUT2D eigenvalue weighted by molar-refractivity contribution is 8.03. The molecule has 13 heteroatoms. The number of rotatable bonds is 9. The second-order valence-electron chi connectivity index (χ2n) is 12.4. The maximum atomic E-state index is 13.3. The van der Waals surface area contributed by atoms with Crippen molar-refractivity contribution in [3.05, 3.63) is 16.9 Å². The van der Waals surface area contributed by atoms with Crippen LogP contribution in [0.2, 0.25) is 0 Å². The van der Waals surface area contributed by atoms with Crippen molar-refractivity contribution in [2.45, 2.75) is 82.7 Å². The van der Waals surface area contributed by atoms with Gasteiger partial charge in [-0.15, -0.1) is 16.9 Å². The fourth-order valence-electron chi connectivity index (χ4n) is 7.51. The summed E-state index contributed by atoms with van der Waals surface area (Å²) in [7, 11) is 0. The summed E-state index contributed by atoms with van der Waals surface area (Å²) in [5.74, 6) is -2.09. The third-order valence-corrected chi connectivity index (χ3v) is 11.4. The van der Waals surface area contributed by atoms with Crippen molar-refractivity contribution in [1.29, 1.82) is 0 Å². The van der Waals surface area contributed by atoms with Gasteiger partial charge in [0.25, 0.3) is 0 Å². The van der Waals surface area contributed by atoms with Crippen LogP contribution in [0.1, 0.15) is 58.8 Å². The number of carbonyl (C=O) groups is 4. The van der Waals surface area contributed by atoms with Gasteiger partial charge in [0.2, 0.25) is 11.8 Å². The van der Waals surface area contributed by atoms with E-state index in [0.29, 0.717) is 23.3 Å². The molecule has 5 aliphatic rings. The summed E-state index contributed by atoms with van der Waals surface area (Å²) in [5, 5.41) is 24.3. The number of fused-ring (bicyclic) bond motifs is 1. The van der Waals surface area contributed by atoms with E-state index in [1.54, 1.807) is 0 Å². The summed E-state index contributed by atoms with van der Waals surface area (Å²) < 4.78 is 1.35. The number of thioether (sulfide) groups is 1. The van der Waals surface area contributed by atoms with Crippen LogP contribution in [0.3, 0.4) is 0 Å². The quantitative estimate of drug-likeness (QED) is 0.415. The average molecular weight is 572 g/mol. The number of Topliss-reactive ketones (excluding diaryl/α,β-unsaturated/α-hetero) is 1. The zero-order valence-electron chi connectivity index (χ0n) is 23.0. The highest BCUT2D eigenvalue weighted by Gasteiger charge is 2.60. The molecule has 0 bridgehead atoms. The van der Waals surface area contributed by atoms with E-state index in [0.717, 1.165) is 25.9 Å². The zero-order chi connectivity index (χ0) is 28.2. The smallest absolute Gasteiger partial charge is 0.353 e. The van der Waals surface area contributed by atoms with Gasteiger partial charge in [0.15, 0.2) is 5.78 Å². The first-order valence-corrected chi connectivity index (χ1v) is 15.3. The van der Waals surface area contributed by atoms with Crippen LogP contribution in [0, 0.1) is 23.2 Å². The lowest BCUT2D eigenvalue weighted by Crippen LogP contribution is -2.62. The fraction of sp³-hybridized carbons (Fsp3) is 0.741. The summed E-state index contributed by atoms with van der Waals surface area (Å²) >= 11 is 1.50. The number of carbonyl (C=O) groups excluding carboxylic acids is 3. The fourth-order valence-corrected chi connectivity index (χ4v) is 8.99. The minimum atomic E-state index is -1.11. The van der Waals surface area contributed by atoms with E-state index < -0.39 is 11.9 Å². The number of likely N-dealkylation sites (tertiary alicyclic amines) is 1. The number of aromatic nitrogens is 4. The highest BCUT2D eigenvalue weighted by Crippen LogP contribution is 2.53. The SMILES string of the molecule is C[C@@H](CC(=O)Cn1cnnn1)[C@H]1C(=O)N2C(C(=O)O)=C(SC3CN[C@H](C(=O)N4CCC5(CCC5)CC4)C3)[C@H](C)[C@H]12. The number of amides is 2. The minimum Gasteiger partial charge on any atom is -0.477 e. The Morgan fingerprint density at radius 2 is 1.98 bits per heavy atom. The van der Waals surface area contributed by atoms with Crippen molar-refractivity contribution in [3.8, 4) is 0 Å². The van der Waals surface area contributed by atoms with Gasteiger partial charge in [-0.3, -0.25) is 14.4 Å². The first kappa shape index (κ1) is 27.4. The van der Waals surface area contributed by atoms with Crippen LogP contribution in [0.15, 0.2) is 16.9 Å². The van der Waals surface area contributed by atoms with E-state index in [4.69, 9.17) is 0 Å². The lowest BCUT2D eigenvalue weighted by atomic mass is 9.63. The Labute approximate surface area is 237 Å². The molecule has 1 aromatic heterocycles. The van der Waals surface area contributed by atoms with Gasteiger partial charge >= 0.3 is 5.97 Å². The molecular formula is C27H37N7O5S. The van der Waals surface area contributed by atoms with Crippen molar-refractivity contribution < 1.29 is 24.3 Å². The molecule has 1 saturated carbocycles. The predicted molar refractivity (Wildman–Crippen MR) is 144 cm³/mol. The standard InChI is InChI=1S/C27H37N7O5S/c1-15(10-17(35)13-33-14-29-30-31-33)20-21-16(2)23(22(26(38)39)34(21)25(20)37)40-18-11-19(28-12-18)24(36)32-8-6-27(7-9-32)4-3-5-27/h14-16,18-21,28H,3-13H2,1-2H3,(H,38,39)/t15-,16+,18?,19-,20+,21+/m0/s1. The second kappa shape index (κ2) is 10.6. The molecule has 4 aliphatic heterocycles. The molecule has 6 rings (SSSR count). The minimum absolute atomic E-state index is 0.0365. The summed E-state index contributed by atoms with van der Waals surface area (Å²) in [4.78, 5) is 55.5.